The molecule has 2 N–H and O–H groups in total. The fourth-order valence-electron chi connectivity index (χ4n) is 0.110. The molecule has 0 aromatic rings. The van der Waals surface area contributed by atoms with E-state index < -0.39 is 27.8 Å². The molecule has 10 heavy (non-hydrogen) atoms. The second-order valence-corrected chi connectivity index (χ2v) is 2.44. The van der Waals surface area contributed by atoms with Gasteiger partial charge in [-0.25, -0.2) is 0 Å². The minimum atomic E-state index is -3.41. The average Bonchev–Trinajstić information content (AvgIpc) is 1.61. The molecule has 1 unspecified atom stereocenters. The third-order valence-corrected chi connectivity index (χ3v) is 1.03. The minimum absolute atomic E-state index is 0. The molecule has 0 spiro atoms. The standard InChI is InChI=1S/C2H4AsO5.2Na/c4-2(5)1-8-3(6)7;;/h1H2,(H,4,5)(H,6,7);;. The average molecular weight is 229 g/mol. The first-order valence-electron chi connectivity index (χ1n) is 1.64. The SMILES string of the molecule is O=C(O)CO[As](=O)O.[Na].[Na]. The molecule has 0 fully saturated rings. The van der Waals surface area contributed by atoms with E-state index in [1.807, 2.05) is 0 Å². The van der Waals surface area contributed by atoms with Crippen molar-refractivity contribution in [1.82, 2.24) is 0 Å². The zero-order valence-electron chi connectivity index (χ0n) is 5.77. The summed E-state index contributed by atoms with van der Waals surface area (Å²) in [5.74, 6) is -1.24. The van der Waals surface area contributed by atoms with Crippen LogP contribution in [0.25, 0.3) is 0 Å². The maximum atomic E-state index is 9.65. The molecule has 0 rings (SSSR count). The third-order valence-electron chi connectivity index (χ3n) is 0.298. The summed E-state index contributed by atoms with van der Waals surface area (Å²) in [5, 5.41) is 7.81. The summed E-state index contributed by atoms with van der Waals surface area (Å²) in [6, 6.07) is 0. The van der Waals surface area contributed by atoms with Gasteiger partial charge in [0, 0.05) is 59.1 Å². The normalized spacial score (nSPS) is 8.70. The van der Waals surface area contributed by atoms with E-state index in [-0.39, 0.29) is 59.1 Å². The van der Waals surface area contributed by atoms with Gasteiger partial charge >= 0.3 is 49.3 Å². The van der Waals surface area contributed by atoms with Gasteiger partial charge < -0.3 is 0 Å². The van der Waals surface area contributed by atoms with Crippen LogP contribution in [0.1, 0.15) is 0 Å². The first kappa shape index (κ1) is 17.7. The molecule has 0 amide bonds. The van der Waals surface area contributed by atoms with Gasteiger partial charge in [0.25, 0.3) is 0 Å². The van der Waals surface area contributed by atoms with Gasteiger partial charge in [-0.05, 0) is 0 Å². The summed E-state index contributed by atoms with van der Waals surface area (Å²) in [5.41, 5.74) is 0. The molecule has 0 saturated heterocycles. The quantitative estimate of drug-likeness (QED) is 0.533. The number of rotatable bonds is 3. The molecule has 1 atom stereocenters. The van der Waals surface area contributed by atoms with Crippen molar-refractivity contribution < 1.29 is 21.5 Å². The van der Waals surface area contributed by atoms with Crippen molar-refractivity contribution >= 4 is 80.4 Å². The smallest absolute Gasteiger partial charge is 0 e. The molecule has 0 heterocycles. The number of hydrogen-bond acceptors (Lipinski definition) is 3. The van der Waals surface area contributed by atoms with Crippen molar-refractivity contribution in [3.05, 3.63) is 0 Å². The summed E-state index contributed by atoms with van der Waals surface area (Å²) in [4.78, 5) is 9.55. The van der Waals surface area contributed by atoms with Gasteiger partial charge in [-0.3, -0.25) is 0 Å². The number of carboxylic acids is 1. The van der Waals surface area contributed by atoms with Gasteiger partial charge in [0.2, 0.25) is 0 Å². The molecule has 0 bridgehead atoms. The van der Waals surface area contributed by atoms with Crippen LogP contribution in [-0.4, -0.2) is 96.2 Å². The Balaban J connectivity index is -0.000000245. The monoisotopic (exact) mass is 229 g/mol. The molecular formula is C2H4AsNa2O5. The molecule has 3 radical (unpaired) electrons. The Bertz CT molecular complexity index is 102. The Morgan fingerprint density at radius 2 is 1.90 bits per heavy atom. The van der Waals surface area contributed by atoms with Crippen LogP contribution in [0.3, 0.4) is 0 Å². The van der Waals surface area contributed by atoms with E-state index >= 15 is 0 Å². The van der Waals surface area contributed by atoms with Crippen molar-refractivity contribution in [1.29, 1.82) is 0 Å². The van der Waals surface area contributed by atoms with E-state index in [2.05, 4.69) is 3.73 Å². The van der Waals surface area contributed by atoms with E-state index in [4.69, 9.17) is 9.20 Å². The molecule has 0 aliphatic rings. The van der Waals surface area contributed by atoms with Gasteiger partial charge in [-0.2, -0.15) is 0 Å². The van der Waals surface area contributed by atoms with Crippen molar-refractivity contribution in [2.45, 2.75) is 0 Å². The fourth-order valence-corrected chi connectivity index (χ4v) is 0.574. The minimum Gasteiger partial charge on any atom is 0 e. The van der Waals surface area contributed by atoms with Gasteiger partial charge in [0.15, 0.2) is 0 Å². The zero-order chi connectivity index (χ0) is 6.57. The molecule has 0 aromatic heterocycles. The third kappa shape index (κ3) is 16.4. The van der Waals surface area contributed by atoms with E-state index in [1.165, 1.54) is 0 Å². The van der Waals surface area contributed by atoms with Crippen LogP contribution < -0.4 is 0 Å². The largest absolute Gasteiger partial charge is 0 e. The Morgan fingerprint density at radius 1 is 1.50 bits per heavy atom. The van der Waals surface area contributed by atoms with E-state index in [0.717, 1.165) is 0 Å². The van der Waals surface area contributed by atoms with E-state index in [1.54, 1.807) is 0 Å². The van der Waals surface area contributed by atoms with Gasteiger partial charge in [0.05, 0.1) is 0 Å². The van der Waals surface area contributed by atoms with Crippen molar-refractivity contribution in [3.63, 3.8) is 0 Å². The second-order valence-electron chi connectivity index (χ2n) is 0.905. The van der Waals surface area contributed by atoms with Crippen LogP contribution in [0.2, 0.25) is 0 Å². The van der Waals surface area contributed by atoms with Crippen LogP contribution in [-0.2, 0) is 12.3 Å². The summed E-state index contributed by atoms with van der Waals surface area (Å²) >= 11 is -3.41. The number of aliphatic carboxylic acids is 1. The first-order valence-corrected chi connectivity index (χ1v) is 4.01. The topological polar surface area (TPSA) is 83.8 Å². The summed E-state index contributed by atoms with van der Waals surface area (Å²) in [7, 11) is 0. The van der Waals surface area contributed by atoms with Gasteiger partial charge in [0.1, 0.15) is 0 Å². The summed E-state index contributed by atoms with van der Waals surface area (Å²) in [6.45, 7) is -0.694. The first-order chi connectivity index (χ1) is 3.63. The number of carboxylic acid groups (broad SMARTS) is 1. The maximum Gasteiger partial charge on any atom is 0 e. The van der Waals surface area contributed by atoms with Crippen LogP contribution >= 0.6 is 0 Å². The summed E-state index contributed by atoms with van der Waals surface area (Å²) < 4.78 is 21.4. The maximum absolute atomic E-state index is 9.65. The molecule has 49 valence electrons. The van der Waals surface area contributed by atoms with Crippen molar-refractivity contribution in [3.8, 4) is 0 Å². The van der Waals surface area contributed by atoms with Gasteiger partial charge in [-0.1, -0.05) is 0 Å². The number of hydrogen-bond donors (Lipinski definition) is 2. The second kappa shape index (κ2) is 10.7. The molecule has 5 nitrogen and oxygen atoms in total. The fraction of sp³-hybridized carbons (Fsp3) is 0.500. The molecule has 0 aliphatic carbocycles. The van der Waals surface area contributed by atoms with Crippen molar-refractivity contribution in [2.24, 2.45) is 0 Å². The Kier molecular flexibility index (Phi) is 19.1. The summed E-state index contributed by atoms with van der Waals surface area (Å²) in [6.07, 6.45) is 0. The van der Waals surface area contributed by atoms with Crippen LogP contribution in [0, 0.1) is 0 Å². The van der Waals surface area contributed by atoms with Gasteiger partial charge in [-0.15, -0.1) is 0 Å². The Hall–Kier alpha value is 1.75. The molecule has 0 aliphatic heterocycles. The predicted octanol–water partition coefficient (Wildman–Crippen LogP) is -2.27. The van der Waals surface area contributed by atoms with E-state index in [0.29, 0.717) is 0 Å². The molecule has 0 saturated carbocycles. The molecular weight excluding hydrogens is 225 g/mol. The van der Waals surface area contributed by atoms with Crippen molar-refractivity contribution in [2.75, 3.05) is 6.61 Å². The molecule has 8 heteroatoms. The Morgan fingerprint density at radius 3 is 2.00 bits per heavy atom. The Labute approximate surface area is 107 Å². The van der Waals surface area contributed by atoms with Crippen LogP contribution in [0.5, 0.6) is 0 Å². The van der Waals surface area contributed by atoms with E-state index in [9.17, 15) is 8.53 Å². The molecule has 0 aromatic carbocycles. The number of carbonyl (C=O) groups is 1. The zero-order valence-corrected chi connectivity index (χ0v) is 11.7. The van der Waals surface area contributed by atoms with Crippen LogP contribution in [0.15, 0.2) is 0 Å². The van der Waals surface area contributed by atoms with Crippen LogP contribution in [0.4, 0.5) is 0 Å². The predicted molar refractivity (Wildman–Crippen MR) is 33.8 cm³/mol.